The van der Waals surface area contributed by atoms with E-state index < -0.39 is 0 Å². The first-order valence-electron chi connectivity index (χ1n) is 11.9. The maximum Gasteiger partial charge on any atom is 0.0758 e. The van der Waals surface area contributed by atoms with Crippen LogP contribution in [0.3, 0.4) is 0 Å². The third-order valence-corrected chi connectivity index (χ3v) is 6.24. The number of hydrogen-bond acceptors (Lipinski definition) is 3. The summed E-state index contributed by atoms with van der Waals surface area (Å²) < 4.78 is 0. The molecule has 3 aromatic rings. The molecule has 3 heteroatoms. The first-order chi connectivity index (χ1) is 15.2. The Hall–Kier alpha value is -2.65. The zero-order valence-electron chi connectivity index (χ0n) is 20.4. The summed E-state index contributed by atoms with van der Waals surface area (Å²) in [6, 6.07) is 22.4. The molecule has 0 saturated carbocycles. The largest absolute Gasteiger partial charge is 0.382 e. The lowest BCUT2D eigenvalue weighted by atomic mass is 9.89. The molecule has 0 radical (unpaired) electrons. The summed E-state index contributed by atoms with van der Waals surface area (Å²) in [6.45, 7) is 13.5. The monoisotopic (exact) mass is 427 g/mol. The minimum atomic E-state index is -0.0463. The van der Waals surface area contributed by atoms with E-state index >= 15 is 0 Å². The molecule has 0 fully saturated rings. The molecule has 1 aliphatic rings. The molecule has 1 aliphatic heterocycles. The molecular formula is C29H37N3. The van der Waals surface area contributed by atoms with Gasteiger partial charge in [-0.2, -0.15) is 0 Å². The van der Waals surface area contributed by atoms with Crippen molar-refractivity contribution in [1.29, 1.82) is 0 Å². The number of nitrogens with zero attached hydrogens (tertiary/aromatic N) is 1. The van der Waals surface area contributed by atoms with Crippen LogP contribution in [0.2, 0.25) is 0 Å². The number of aromatic nitrogens is 1. The summed E-state index contributed by atoms with van der Waals surface area (Å²) >= 11 is 0. The zero-order chi connectivity index (χ0) is 22.9. The number of para-hydroxylation sites is 1. The van der Waals surface area contributed by atoms with Crippen LogP contribution in [-0.4, -0.2) is 16.6 Å². The van der Waals surface area contributed by atoms with Gasteiger partial charge >= 0.3 is 0 Å². The van der Waals surface area contributed by atoms with E-state index in [2.05, 4.69) is 113 Å². The van der Waals surface area contributed by atoms with E-state index in [1.807, 2.05) is 0 Å². The number of rotatable bonds is 5. The van der Waals surface area contributed by atoms with Crippen LogP contribution in [0.4, 0.5) is 5.69 Å². The van der Waals surface area contributed by atoms with Gasteiger partial charge in [-0.05, 0) is 75.3 Å². The highest BCUT2D eigenvalue weighted by molar-refractivity contribution is 5.79. The number of aryl methyl sites for hydroxylation is 1. The van der Waals surface area contributed by atoms with Gasteiger partial charge in [0.25, 0.3) is 0 Å². The van der Waals surface area contributed by atoms with Crippen LogP contribution in [0, 0.1) is 0 Å². The second kappa shape index (κ2) is 9.07. The molecule has 32 heavy (non-hydrogen) atoms. The van der Waals surface area contributed by atoms with Gasteiger partial charge in [-0.1, -0.05) is 62.4 Å². The molecule has 0 saturated heterocycles. The smallest absolute Gasteiger partial charge is 0.0758 e. The minimum absolute atomic E-state index is 0.0278. The van der Waals surface area contributed by atoms with Crippen LogP contribution in [0.25, 0.3) is 11.3 Å². The highest BCUT2D eigenvalue weighted by Gasteiger charge is 2.25. The Morgan fingerprint density at radius 1 is 0.938 bits per heavy atom. The van der Waals surface area contributed by atoms with E-state index in [0.717, 1.165) is 17.8 Å². The average molecular weight is 428 g/mol. The second-order valence-corrected chi connectivity index (χ2v) is 10.5. The first-order valence-corrected chi connectivity index (χ1v) is 11.9. The molecule has 0 spiro atoms. The molecule has 2 heterocycles. The van der Waals surface area contributed by atoms with Crippen molar-refractivity contribution in [2.75, 3.05) is 5.32 Å². The van der Waals surface area contributed by atoms with Crippen LogP contribution in [-0.2, 0) is 6.42 Å². The Morgan fingerprint density at radius 3 is 2.38 bits per heavy atom. The predicted octanol–water partition coefficient (Wildman–Crippen LogP) is 7.10. The number of benzene rings is 2. The van der Waals surface area contributed by atoms with Gasteiger partial charge in [-0.25, -0.2) is 0 Å². The van der Waals surface area contributed by atoms with E-state index in [-0.39, 0.29) is 11.6 Å². The fraction of sp³-hybridized carbons (Fsp3) is 0.414. The predicted molar refractivity (Wildman–Crippen MR) is 136 cm³/mol. The summed E-state index contributed by atoms with van der Waals surface area (Å²) in [5.74, 6) is 0.450. The Kier molecular flexibility index (Phi) is 6.39. The number of nitrogens with one attached hydrogen (secondary N) is 2. The highest BCUT2D eigenvalue weighted by Crippen LogP contribution is 2.36. The van der Waals surface area contributed by atoms with Gasteiger partial charge in [0.1, 0.15) is 0 Å². The van der Waals surface area contributed by atoms with Gasteiger partial charge in [0.15, 0.2) is 0 Å². The fourth-order valence-corrected chi connectivity index (χ4v) is 4.69. The molecule has 3 nitrogen and oxygen atoms in total. The van der Waals surface area contributed by atoms with E-state index in [0.29, 0.717) is 12.0 Å². The van der Waals surface area contributed by atoms with Gasteiger partial charge in [0.2, 0.25) is 0 Å². The molecule has 4 rings (SSSR count). The molecular weight excluding hydrogens is 390 g/mol. The third-order valence-electron chi connectivity index (χ3n) is 6.24. The van der Waals surface area contributed by atoms with Gasteiger partial charge < -0.3 is 10.6 Å². The minimum Gasteiger partial charge on any atom is -0.382 e. The number of fused-ring (bicyclic) bond motifs is 1. The van der Waals surface area contributed by atoms with E-state index in [9.17, 15) is 0 Å². The Balaban J connectivity index is 1.82. The van der Waals surface area contributed by atoms with Gasteiger partial charge in [0, 0.05) is 22.8 Å². The highest BCUT2D eigenvalue weighted by atomic mass is 15.0. The average Bonchev–Trinajstić information content (AvgIpc) is 2.76. The third kappa shape index (κ3) is 4.88. The molecule has 0 aliphatic carbocycles. The first kappa shape index (κ1) is 22.5. The van der Waals surface area contributed by atoms with Crippen molar-refractivity contribution in [2.45, 2.75) is 77.9 Å². The van der Waals surface area contributed by atoms with Crippen LogP contribution < -0.4 is 10.6 Å². The summed E-state index contributed by atoms with van der Waals surface area (Å²) in [7, 11) is 0. The molecule has 0 bridgehead atoms. The van der Waals surface area contributed by atoms with Crippen molar-refractivity contribution in [3.63, 3.8) is 0 Å². The summed E-state index contributed by atoms with van der Waals surface area (Å²) in [5, 5.41) is 7.57. The summed E-state index contributed by atoms with van der Waals surface area (Å²) in [6.07, 6.45) is 2.29. The lowest BCUT2D eigenvalue weighted by Crippen LogP contribution is -2.40. The number of anilines is 1. The van der Waals surface area contributed by atoms with Crippen molar-refractivity contribution in [3.8, 4) is 11.3 Å². The van der Waals surface area contributed by atoms with E-state index in [4.69, 9.17) is 4.98 Å². The molecule has 2 aromatic carbocycles. The Morgan fingerprint density at radius 2 is 1.66 bits per heavy atom. The molecule has 2 atom stereocenters. The normalized spacial score (nSPS) is 17.0. The quantitative estimate of drug-likeness (QED) is 0.456. The molecule has 168 valence electrons. The van der Waals surface area contributed by atoms with Gasteiger partial charge in [-0.3, -0.25) is 4.98 Å². The molecule has 0 amide bonds. The van der Waals surface area contributed by atoms with E-state index in [1.165, 1.54) is 34.4 Å². The summed E-state index contributed by atoms with van der Waals surface area (Å²) in [4.78, 5) is 5.23. The lowest BCUT2D eigenvalue weighted by Gasteiger charge is -2.31. The lowest BCUT2D eigenvalue weighted by molar-refractivity contribution is 0.386. The van der Waals surface area contributed by atoms with Gasteiger partial charge in [0.05, 0.1) is 17.4 Å². The van der Waals surface area contributed by atoms with Crippen molar-refractivity contribution in [2.24, 2.45) is 0 Å². The maximum atomic E-state index is 5.23. The summed E-state index contributed by atoms with van der Waals surface area (Å²) in [5.41, 5.74) is 8.56. The van der Waals surface area contributed by atoms with Crippen molar-refractivity contribution >= 4 is 5.69 Å². The molecule has 2 unspecified atom stereocenters. The van der Waals surface area contributed by atoms with Gasteiger partial charge in [-0.15, -0.1) is 0 Å². The molecule has 1 aromatic heterocycles. The maximum absolute atomic E-state index is 5.23. The van der Waals surface area contributed by atoms with Crippen LogP contribution >= 0.6 is 0 Å². The van der Waals surface area contributed by atoms with Crippen LogP contribution in [0.1, 0.15) is 82.3 Å². The molecule has 2 N–H and O–H groups in total. The zero-order valence-corrected chi connectivity index (χ0v) is 20.4. The van der Waals surface area contributed by atoms with Crippen molar-refractivity contribution < 1.29 is 0 Å². The fourth-order valence-electron chi connectivity index (χ4n) is 4.69. The topological polar surface area (TPSA) is 37.0 Å². The van der Waals surface area contributed by atoms with Crippen LogP contribution in [0.15, 0.2) is 60.7 Å². The standard InChI is InChI=1S/C29H37N3/c1-19(2)22-12-7-8-13-23(22)28(32-29(4,5)6)26-16-10-15-25(31-26)24-14-9-11-21-18-17-20(3)30-27(21)24/h7-16,19-20,28,30,32H,17-18H2,1-6H3. The number of hydrogen-bond donors (Lipinski definition) is 2. The number of pyridine rings is 1. The van der Waals surface area contributed by atoms with Crippen LogP contribution in [0.5, 0.6) is 0 Å². The van der Waals surface area contributed by atoms with Crippen molar-refractivity contribution in [1.82, 2.24) is 10.3 Å². The SMILES string of the molecule is CC1CCc2cccc(-c3cccc(C(NC(C)(C)C)c4ccccc4C(C)C)n3)c2N1. The second-order valence-electron chi connectivity index (χ2n) is 10.5. The Labute approximate surface area is 193 Å². The Bertz CT molecular complexity index is 1080. The van der Waals surface area contributed by atoms with Crippen molar-refractivity contribution in [3.05, 3.63) is 83.0 Å². The van der Waals surface area contributed by atoms with E-state index in [1.54, 1.807) is 0 Å².